The molecule has 1 fully saturated rings. The number of hydrogen-bond donors (Lipinski definition) is 1. The summed E-state index contributed by atoms with van der Waals surface area (Å²) in [6.07, 6.45) is 4.57. The molecule has 1 aromatic rings. The summed E-state index contributed by atoms with van der Waals surface area (Å²) in [5.41, 5.74) is 0. The van der Waals surface area contributed by atoms with Crippen LogP contribution in [0.2, 0.25) is 0 Å². The van der Waals surface area contributed by atoms with E-state index in [1.807, 2.05) is 11.6 Å². The maximum atomic E-state index is 4.34. The van der Waals surface area contributed by atoms with Crippen molar-refractivity contribution in [3.8, 4) is 0 Å². The molecule has 0 radical (unpaired) electrons. The number of rotatable bonds is 5. The van der Waals surface area contributed by atoms with Crippen molar-refractivity contribution in [1.82, 2.24) is 15.2 Å². The maximum absolute atomic E-state index is 4.34. The van der Waals surface area contributed by atoms with Crippen molar-refractivity contribution in [3.63, 3.8) is 0 Å². The number of likely N-dealkylation sites (tertiary alicyclic amines) is 1. The van der Waals surface area contributed by atoms with Gasteiger partial charge in [0.2, 0.25) is 0 Å². The Hall–Kier alpha value is -0.450. The van der Waals surface area contributed by atoms with Crippen LogP contribution in [-0.4, -0.2) is 35.6 Å². The lowest BCUT2D eigenvalue weighted by molar-refractivity contribution is 0.255. The van der Waals surface area contributed by atoms with Gasteiger partial charge < -0.3 is 5.32 Å². The Labute approximate surface area is 102 Å². The van der Waals surface area contributed by atoms with Gasteiger partial charge in [-0.2, -0.15) is 0 Å². The predicted molar refractivity (Wildman–Crippen MR) is 68.8 cm³/mol. The molecule has 4 heteroatoms. The van der Waals surface area contributed by atoms with Crippen LogP contribution in [0, 0.1) is 0 Å². The molecule has 1 aromatic heterocycles. The molecule has 2 unspecified atom stereocenters. The molecule has 90 valence electrons. The quantitative estimate of drug-likeness (QED) is 0.854. The minimum absolute atomic E-state index is 0.388. The summed E-state index contributed by atoms with van der Waals surface area (Å²) in [6, 6.07) is 1.12. The summed E-state index contributed by atoms with van der Waals surface area (Å²) in [5, 5.41) is 6.84. The van der Waals surface area contributed by atoms with Gasteiger partial charge in [-0.25, -0.2) is 4.98 Å². The van der Waals surface area contributed by atoms with E-state index in [4.69, 9.17) is 0 Å². The summed E-state index contributed by atoms with van der Waals surface area (Å²) in [6.45, 7) is 7.99. The molecule has 1 aliphatic rings. The van der Waals surface area contributed by atoms with E-state index in [9.17, 15) is 0 Å². The predicted octanol–water partition coefficient (Wildman–Crippen LogP) is 2.28. The molecule has 2 atom stereocenters. The number of nitrogens with zero attached hydrogens (tertiary/aromatic N) is 2. The first kappa shape index (κ1) is 12.0. The highest BCUT2D eigenvalue weighted by molar-refractivity contribution is 7.09. The molecular formula is C12H21N3S. The Bertz CT molecular complexity index is 299. The molecule has 2 rings (SSSR count). The second kappa shape index (κ2) is 5.75. The Morgan fingerprint density at radius 1 is 1.69 bits per heavy atom. The van der Waals surface area contributed by atoms with Gasteiger partial charge in [-0.3, -0.25) is 4.90 Å². The zero-order chi connectivity index (χ0) is 11.4. The number of thiazole rings is 1. The van der Waals surface area contributed by atoms with Gasteiger partial charge in [0.05, 0.1) is 6.04 Å². The number of likely N-dealkylation sites (N-methyl/N-ethyl adjacent to an activating group) is 1. The monoisotopic (exact) mass is 239 g/mol. The average Bonchev–Trinajstić information content (AvgIpc) is 2.96. The summed E-state index contributed by atoms with van der Waals surface area (Å²) in [4.78, 5) is 6.91. The molecule has 0 spiro atoms. The second-order valence-electron chi connectivity index (χ2n) is 4.42. The first-order valence-electron chi connectivity index (χ1n) is 6.18. The highest BCUT2D eigenvalue weighted by Gasteiger charge is 2.23. The number of nitrogens with one attached hydrogen (secondary N) is 1. The zero-order valence-electron chi connectivity index (χ0n) is 10.1. The van der Waals surface area contributed by atoms with E-state index in [0.29, 0.717) is 6.04 Å². The van der Waals surface area contributed by atoms with Crippen molar-refractivity contribution in [3.05, 3.63) is 16.6 Å². The van der Waals surface area contributed by atoms with E-state index in [1.54, 1.807) is 11.3 Å². The lowest BCUT2D eigenvalue weighted by Crippen LogP contribution is -2.38. The van der Waals surface area contributed by atoms with Crippen LogP contribution in [0.25, 0.3) is 0 Å². The van der Waals surface area contributed by atoms with E-state index >= 15 is 0 Å². The van der Waals surface area contributed by atoms with E-state index in [1.165, 1.54) is 30.9 Å². The summed E-state index contributed by atoms with van der Waals surface area (Å²) in [5.74, 6) is 0. The lowest BCUT2D eigenvalue weighted by atomic mass is 10.2. The smallest absolute Gasteiger partial charge is 0.109 e. The highest BCUT2D eigenvalue weighted by Crippen LogP contribution is 2.18. The molecule has 16 heavy (non-hydrogen) atoms. The SMILES string of the molecule is CCN1CCCC1CNC(C)c1nccs1. The average molecular weight is 239 g/mol. The molecule has 1 aliphatic heterocycles. The summed E-state index contributed by atoms with van der Waals surface area (Å²) < 4.78 is 0. The topological polar surface area (TPSA) is 28.2 Å². The molecule has 2 heterocycles. The molecule has 1 saturated heterocycles. The minimum Gasteiger partial charge on any atom is -0.307 e. The molecular weight excluding hydrogens is 218 g/mol. The fourth-order valence-electron chi connectivity index (χ4n) is 2.39. The number of hydrogen-bond acceptors (Lipinski definition) is 4. The molecule has 0 amide bonds. The van der Waals surface area contributed by atoms with Crippen LogP contribution in [0.3, 0.4) is 0 Å². The van der Waals surface area contributed by atoms with Crippen molar-refractivity contribution in [1.29, 1.82) is 0 Å². The Morgan fingerprint density at radius 2 is 2.56 bits per heavy atom. The number of aromatic nitrogens is 1. The van der Waals surface area contributed by atoms with Crippen LogP contribution >= 0.6 is 11.3 Å². The fraction of sp³-hybridized carbons (Fsp3) is 0.750. The van der Waals surface area contributed by atoms with Gasteiger partial charge in [0.1, 0.15) is 5.01 Å². The normalized spacial score (nSPS) is 23.8. The standard InChI is InChI=1S/C12H21N3S/c1-3-15-7-4-5-11(15)9-14-10(2)12-13-6-8-16-12/h6,8,10-11,14H,3-5,7,9H2,1-2H3. The van der Waals surface area contributed by atoms with Gasteiger partial charge in [0.25, 0.3) is 0 Å². The summed E-state index contributed by atoms with van der Waals surface area (Å²) >= 11 is 1.73. The van der Waals surface area contributed by atoms with E-state index < -0.39 is 0 Å². The van der Waals surface area contributed by atoms with E-state index in [2.05, 4.69) is 29.0 Å². The molecule has 0 aliphatic carbocycles. The minimum atomic E-state index is 0.388. The van der Waals surface area contributed by atoms with Gasteiger partial charge >= 0.3 is 0 Å². The summed E-state index contributed by atoms with van der Waals surface area (Å²) in [7, 11) is 0. The molecule has 1 N–H and O–H groups in total. The van der Waals surface area contributed by atoms with Crippen LogP contribution in [0.5, 0.6) is 0 Å². The van der Waals surface area contributed by atoms with Crippen molar-refractivity contribution < 1.29 is 0 Å². The third kappa shape index (κ3) is 2.81. The van der Waals surface area contributed by atoms with Crippen molar-refractivity contribution in [2.24, 2.45) is 0 Å². The van der Waals surface area contributed by atoms with Crippen LogP contribution in [0.15, 0.2) is 11.6 Å². The Morgan fingerprint density at radius 3 is 3.25 bits per heavy atom. The highest BCUT2D eigenvalue weighted by atomic mass is 32.1. The van der Waals surface area contributed by atoms with Crippen LogP contribution in [-0.2, 0) is 0 Å². The van der Waals surface area contributed by atoms with E-state index in [0.717, 1.165) is 12.6 Å². The van der Waals surface area contributed by atoms with E-state index in [-0.39, 0.29) is 0 Å². The zero-order valence-corrected chi connectivity index (χ0v) is 11.0. The first-order chi connectivity index (χ1) is 7.81. The maximum Gasteiger partial charge on any atom is 0.109 e. The lowest BCUT2D eigenvalue weighted by Gasteiger charge is -2.24. The van der Waals surface area contributed by atoms with Gasteiger partial charge in [-0.1, -0.05) is 6.92 Å². The van der Waals surface area contributed by atoms with Gasteiger partial charge in [0.15, 0.2) is 0 Å². The fourth-order valence-corrected chi connectivity index (χ4v) is 3.06. The third-order valence-corrected chi connectivity index (χ3v) is 4.35. The largest absolute Gasteiger partial charge is 0.307 e. The van der Waals surface area contributed by atoms with Crippen LogP contribution in [0.1, 0.15) is 37.7 Å². The van der Waals surface area contributed by atoms with Crippen molar-refractivity contribution in [2.45, 2.75) is 38.8 Å². The first-order valence-corrected chi connectivity index (χ1v) is 7.06. The second-order valence-corrected chi connectivity index (χ2v) is 5.35. The Balaban J connectivity index is 1.78. The Kier molecular flexibility index (Phi) is 4.32. The molecule has 3 nitrogen and oxygen atoms in total. The van der Waals surface area contributed by atoms with Gasteiger partial charge in [-0.05, 0) is 32.9 Å². The van der Waals surface area contributed by atoms with Crippen molar-refractivity contribution in [2.75, 3.05) is 19.6 Å². The van der Waals surface area contributed by atoms with Gasteiger partial charge in [0, 0.05) is 24.2 Å². The van der Waals surface area contributed by atoms with Crippen LogP contribution < -0.4 is 5.32 Å². The molecule has 0 saturated carbocycles. The third-order valence-electron chi connectivity index (χ3n) is 3.39. The molecule has 0 bridgehead atoms. The van der Waals surface area contributed by atoms with Gasteiger partial charge in [-0.15, -0.1) is 11.3 Å². The van der Waals surface area contributed by atoms with Crippen molar-refractivity contribution >= 4 is 11.3 Å². The van der Waals surface area contributed by atoms with Crippen LogP contribution in [0.4, 0.5) is 0 Å². The molecule has 0 aromatic carbocycles.